The number of benzene rings is 6. The van der Waals surface area contributed by atoms with Crippen LogP contribution in [-0.4, -0.2) is 8.07 Å². The van der Waals surface area contributed by atoms with Crippen molar-refractivity contribution in [2.75, 3.05) is 0 Å². The Hall–Kier alpha value is -4.74. The largest absolute Gasteiger partial charge is 0.146 e. The maximum absolute atomic E-state index is 5.83. The lowest BCUT2D eigenvalue weighted by Gasteiger charge is -2.38. The van der Waals surface area contributed by atoms with Crippen LogP contribution in [0.3, 0.4) is 0 Å². The van der Waals surface area contributed by atoms with Gasteiger partial charge in [0.25, 0.3) is 0 Å². The number of fused-ring (bicyclic) bond motifs is 4. The highest BCUT2D eigenvalue weighted by Crippen LogP contribution is 2.41. The highest BCUT2D eigenvalue weighted by molar-refractivity contribution is 6.90. The molecule has 6 rings (SSSR count). The van der Waals surface area contributed by atoms with Crippen molar-refractivity contribution in [1.82, 2.24) is 0 Å². The van der Waals surface area contributed by atoms with Gasteiger partial charge in [0.2, 0.25) is 0 Å². The van der Waals surface area contributed by atoms with Gasteiger partial charge in [-0.2, -0.15) is 0 Å². The summed E-state index contributed by atoms with van der Waals surface area (Å²) < 4.78 is 0. The van der Waals surface area contributed by atoms with Crippen molar-refractivity contribution >= 4 is 51.2 Å². The van der Waals surface area contributed by atoms with E-state index in [-0.39, 0.29) is 0 Å². The summed E-state index contributed by atoms with van der Waals surface area (Å²) in [6.07, 6.45) is 5.83. The van der Waals surface area contributed by atoms with Gasteiger partial charge in [0.15, 0.2) is 0 Å². The molecule has 44 heavy (non-hydrogen) atoms. The van der Waals surface area contributed by atoms with Gasteiger partial charge in [-0.3, -0.25) is 0 Å². The quantitative estimate of drug-likeness (QED) is 0.111. The Kier molecular flexibility index (Phi) is 7.83. The van der Waals surface area contributed by atoms with Gasteiger partial charge in [0.1, 0.15) is 8.07 Å². The molecule has 6 aromatic rings. The highest BCUT2D eigenvalue weighted by Gasteiger charge is 2.41. The van der Waals surface area contributed by atoms with Crippen molar-refractivity contribution in [3.8, 4) is 35.6 Å². The van der Waals surface area contributed by atoms with E-state index >= 15 is 0 Å². The molecular formula is C43H38Si. The third-order valence-corrected chi connectivity index (χ3v) is 15.8. The van der Waals surface area contributed by atoms with Crippen molar-refractivity contribution in [3.05, 3.63) is 119 Å². The molecule has 0 aromatic heterocycles. The van der Waals surface area contributed by atoms with Crippen LogP contribution in [0.4, 0.5) is 0 Å². The molecule has 0 saturated heterocycles. The molecule has 0 aliphatic rings. The zero-order chi connectivity index (χ0) is 31.0. The Morgan fingerprint density at radius 1 is 0.455 bits per heavy atom. The molecule has 1 heteroatoms. The van der Waals surface area contributed by atoms with E-state index in [1.54, 1.807) is 0 Å². The van der Waals surface area contributed by atoms with Gasteiger partial charge in [-0.05, 0) is 108 Å². The van der Waals surface area contributed by atoms with Crippen LogP contribution >= 0.6 is 0 Å². The summed E-state index contributed by atoms with van der Waals surface area (Å²) in [5.41, 5.74) is 9.75. The van der Waals surface area contributed by atoms with E-state index in [2.05, 4.69) is 156 Å². The fraction of sp³-hybridized carbons (Fsp3) is 0.209. The molecule has 0 fully saturated rings. The molecule has 0 saturated carbocycles. The van der Waals surface area contributed by atoms with E-state index in [9.17, 15) is 0 Å². The third-order valence-electron chi connectivity index (χ3n) is 9.53. The van der Waals surface area contributed by atoms with Gasteiger partial charge in [0, 0.05) is 22.3 Å². The zero-order valence-electron chi connectivity index (χ0n) is 26.5. The van der Waals surface area contributed by atoms with Gasteiger partial charge in [-0.1, -0.05) is 114 Å². The smallest absolute Gasteiger partial charge is 0.125 e. The molecule has 0 aliphatic carbocycles. The lowest BCUT2D eigenvalue weighted by molar-refractivity contribution is 0.838. The summed E-state index contributed by atoms with van der Waals surface area (Å²) in [5, 5.41) is 9.26. The molecule has 0 nitrogen and oxygen atoms in total. The SMILES string of the molecule is C#Cc1cccc2cc3cccc(C#Cc4cccc5cc6cccc(C#C[Si](C(C)C)(C(C)C)C(C)C)c6cc45)c3cc12. The summed E-state index contributed by atoms with van der Waals surface area (Å²) in [6.45, 7) is 14.2. The van der Waals surface area contributed by atoms with Gasteiger partial charge >= 0.3 is 0 Å². The van der Waals surface area contributed by atoms with Crippen LogP contribution in [0.2, 0.25) is 16.6 Å². The molecular weight excluding hydrogens is 545 g/mol. The number of rotatable bonds is 3. The number of hydrogen-bond acceptors (Lipinski definition) is 0. The second-order valence-corrected chi connectivity index (χ2v) is 18.4. The predicted molar refractivity (Wildman–Crippen MR) is 195 cm³/mol. The lowest BCUT2D eigenvalue weighted by Crippen LogP contribution is -2.43. The fourth-order valence-electron chi connectivity index (χ4n) is 7.30. The first-order chi connectivity index (χ1) is 21.2. The van der Waals surface area contributed by atoms with E-state index in [4.69, 9.17) is 6.42 Å². The lowest BCUT2D eigenvalue weighted by atomic mass is 9.96. The molecule has 214 valence electrons. The second-order valence-electron chi connectivity index (χ2n) is 12.9. The number of terminal acetylenes is 1. The minimum atomic E-state index is -1.85. The molecule has 0 amide bonds. The molecule has 0 spiro atoms. The average Bonchev–Trinajstić information content (AvgIpc) is 3.01. The van der Waals surface area contributed by atoms with E-state index < -0.39 is 8.07 Å². The Morgan fingerprint density at radius 3 is 1.16 bits per heavy atom. The van der Waals surface area contributed by atoms with E-state index in [1.807, 2.05) is 12.1 Å². The predicted octanol–water partition coefficient (Wildman–Crippen LogP) is 11.2. The molecule has 0 atom stereocenters. The summed E-state index contributed by atoms with van der Waals surface area (Å²) in [6, 6.07) is 34.4. The molecule has 0 radical (unpaired) electrons. The van der Waals surface area contributed by atoms with Crippen LogP contribution in [-0.2, 0) is 0 Å². The second kappa shape index (κ2) is 11.7. The van der Waals surface area contributed by atoms with Crippen LogP contribution in [0.25, 0.3) is 43.1 Å². The standard InChI is InChI=1S/C43H38Si/c1-8-32-13-9-17-36-25-37-18-10-14-33(41(37)27-40(32)36)21-22-34-15-11-19-38-26-39-20-12-16-35(43(39)28-42(34)38)23-24-44(29(2)3,30(4)5)31(6)7/h1,9-20,25-31H,2-7H3. The first kappa shape index (κ1) is 29.3. The maximum Gasteiger partial charge on any atom is 0.146 e. The molecule has 0 aliphatic heterocycles. The van der Waals surface area contributed by atoms with Crippen molar-refractivity contribution in [1.29, 1.82) is 0 Å². The zero-order valence-corrected chi connectivity index (χ0v) is 27.5. The van der Waals surface area contributed by atoms with Crippen molar-refractivity contribution in [2.24, 2.45) is 0 Å². The van der Waals surface area contributed by atoms with Crippen LogP contribution in [0.1, 0.15) is 63.8 Å². The van der Waals surface area contributed by atoms with Crippen LogP contribution < -0.4 is 0 Å². The van der Waals surface area contributed by atoms with Gasteiger partial charge in [0.05, 0.1) is 0 Å². The van der Waals surface area contributed by atoms with Crippen LogP contribution in [0.15, 0.2) is 97.1 Å². The monoisotopic (exact) mass is 582 g/mol. The van der Waals surface area contributed by atoms with Crippen molar-refractivity contribution in [3.63, 3.8) is 0 Å². The summed E-state index contributed by atoms with van der Waals surface area (Å²) >= 11 is 0. The highest BCUT2D eigenvalue weighted by atomic mass is 28.3. The maximum atomic E-state index is 5.83. The Balaban J connectivity index is 1.50. The Labute approximate surface area is 263 Å². The van der Waals surface area contributed by atoms with Crippen LogP contribution in [0, 0.1) is 35.6 Å². The van der Waals surface area contributed by atoms with Crippen molar-refractivity contribution < 1.29 is 0 Å². The fourth-order valence-corrected chi connectivity index (χ4v) is 12.5. The summed E-state index contributed by atoms with van der Waals surface area (Å²) in [7, 11) is -1.85. The minimum Gasteiger partial charge on any atom is -0.125 e. The third kappa shape index (κ3) is 5.07. The molecule has 0 heterocycles. The van der Waals surface area contributed by atoms with E-state index in [0.29, 0.717) is 16.6 Å². The first-order valence-corrected chi connectivity index (χ1v) is 17.9. The normalized spacial score (nSPS) is 11.6. The minimum absolute atomic E-state index is 0.595. The summed E-state index contributed by atoms with van der Waals surface area (Å²) in [4.78, 5) is 0. The topological polar surface area (TPSA) is 0 Å². The Morgan fingerprint density at radius 2 is 0.795 bits per heavy atom. The Bertz CT molecular complexity index is 2210. The molecule has 0 bridgehead atoms. The van der Waals surface area contributed by atoms with Gasteiger partial charge < -0.3 is 0 Å². The average molecular weight is 583 g/mol. The first-order valence-electron chi connectivity index (χ1n) is 15.7. The summed E-state index contributed by atoms with van der Waals surface area (Å²) in [5.74, 6) is 13.6. The van der Waals surface area contributed by atoms with E-state index in [1.165, 1.54) is 16.2 Å². The molecule has 0 N–H and O–H groups in total. The van der Waals surface area contributed by atoms with Crippen molar-refractivity contribution in [2.45, 2.75) is 58.2 Å². The van der Waals surface area contributed by atoms with Gasteiger partial charge in [-0.25, -0.2) is 0 Å². The van der Waals surface area contributed by atoms with E-state index in [0.717, 1.165) is 49.2 Å². The van der Waals surface area contributed by atoms with Gasteiger partial charge in [-0.15, -0.1) is 12.0 Å². The molecule has 6 aromatic carbocycles. The van der Waals surface area contributed by atoms with Crippen LogP contribution in [0.5, 0.6) is 0 Å². The molecule has 0 unspecified atom stereocenters. The number of hydrogen-bond donors (Lipinski definition) is 0.